The Morgan fingerprint density at radius 2 is 1.83 bits per heavy atom. The molecular weight excluding hydrogens is 335 g/mol. The molecule has 0 saturated carbocycles. The summed E-state index contributed by atoms with van der Waals surface area (Å²) in [5, 5.41) is 2.61. The predicted molar refractivity (Wildman–Crippen MR) is 86.7 cm³/mol. The third kappa shape index (κ3) is 2.82. The van der Waals surface area contributed by atoms with Crippen molar-refractivity contribution >= 4 is 35.0 Å². The maximum atomic E-state index is 13.8. The molecule has 126 valence electrons. The van der Waals surface area contributed by atoms with E-state index < -0.39 is 29.6 Å². The van der Waals surface area contributed by atoms with Crippen molar-refractivity contribution < 1.29 is 18.8 Å². The monoisotopic (exact) mass is 350 g/mol. The summed E-state index contributed by atoms with van der Waals surface area (Å²) >= 11 is 5.67. The van der Waals surface area contributed by atoms with Crippen molar-refractivity contribution in [2.24, 2.45) is 11.8 Å². The van der Waals surface area contributed by atoms with Gasteiger partial charge < -0.3 is 5.32 Å². The number of fused-ring (bicyclic) bond motifs is 1. The van der Waals surface area contributed by atoms with Crippen LogP contribution in [0.25, 0.3) is 0 Å². The minimum atomic E-state index is -1.01. The second-order valence-corrected chi connectivity index (χ2v) is 6.43. The highest BCUT2D eigenvalue weighted by Gasteiger charge is 2.50. The number of benzene rings is 1. The number of carbonyl (C=O) groups excluding carboxylic acids is 3. The predicted octanol–water partition coefficient (Wildman–Crippen LogP) is 2.76. The van der Waals surface area contributed by atoms with Crippen LogP contribution in [0.2, 0.25) is 5.02 Å². The molecule has 1 aromatic rings. The molecule has 3 rings (SSSR count). The second kappa shape index (κ2) is 6.36. The molecule has 1 heterocycles. The number of likely N-dealkylation sites (tertiary alicyclic amines) is 1. The molecule has 1 fully saturated rings. The molecule has 0 unspecified atom stereocenters. The fourth-order valence-corrected chi connectivity index (χ4v) is 3.31. The molecule has 1 aromatic carbocycles. The van der Waals surface area contributed by atoms with Gasteiger partial charge in [-0.05, 0) is 38.0 Å². The number of hydrogen-bond donors (Lipinski definition) is 1. The zero-order chi connectivity index (χ0) is 17.4. The number of nitrogens with one attached hydrogen (secondary N) is 1. The van der Waals surface area contributed by atoms with Crippen molar-refractivity contribution in [3.8, 4) is 0 Å². The number of amides is 3. The summed E-state index contributed by atoms with van der Waals surface area (Å²) < 4.78 is 13.8. The molecule has 5 nitrogen and oxygen atoms in total. The van der Waals surface area contributed by atoms with E-state index in [1.165, 1.54) is 19.1 Å². The second-order valence-electron chi connectivity index (χ2n) is 5.99. The van der Waals surface area contributed by atoms with E-state index in [-0.39, 0.29) is 22.5 Å². The molecule has 1 N–H and O–H groups in total. The number of imide groups is 1. The molecule has 3 amide bonds. The quantitative estimate of drug-likeness (QED) is 0.673. The number of halogens is 2. The van der Waals surface area contributed by atoms with Crippen molar-refractivity contribution in [3.05, 3.63) is 41.2 Å². The van der Waals surface area contributed by atoms with Crippen LogP contribution >= 0.6 is 11.6 Å². The summed E-state index contributed by atoms with van der Waals surface area (Å²) in [5.74, 6) is -2.78. The Bertz CT molecular complexity index is 723. The van der Waals surface area contributed by atoms with E-state index in [0.717, 1.165) is 11.0 Å². The van der Waals surface area contributed by atoms with Gasteiger partial charge in [0.25, 0.3) is 0 Å². The maximum absolute atomic E-state index is 13.8. The van der Waals surface area contributed by atoms with Crippen LogP contribution in [0.1, 0.15) is 19.8 Å². The zero-order valence-electron chi connectivity index (χ0n) is 13.0. The van der Waals surface area contributed by atoms with Crippen LogP contribution < -0.4 is 5.32 Å². The van der Waals surface area contributed by atoms with Crippen molar-refractivity contribution in [1.82, 2.24) is 4.90 Å². The molecule has 0 aromatic heterocycles. The van der Waals surface area contributed by atoms with Gasteiger partial charge in [0.15, 0.2) is 0 Å². The van der Waals surface area contributed by atoms with Gasteiger partial charge in [0.2, 0.25) is 17.7 Å². The van der Waals surface area contributed by atoms with E-state index in [4.69, 9.17) is 11.6 Å². The van der Waals surface area contributed by atoms with Crippen LogP contribution in [-0.2, 0) is 14.4 Å². The smallest absolute Gasteiger partial charge is 0.247 e. The van der Waals surface area contributed by atoms with Gasteiger partial charge in [0.1, 0.15) is 11.9 Å². The molecule has 0 bridgehead atoms. The van der Waals surface area contributed by atoms with E-state index in [1.807, 2.05) is 12.2 Å². The van der Waals surface area contributed by atoms with Crippen molar-refractivity contribution in [2.45, 2.75) is 25.8 Å². The lowest BCUT2D eigenvalue weighted by atomic mass is 9.85. The summed E-state index contributed by atoms with van der Waals surface area (Å²) in [7, 11) is 0. The number of hydrogen-bond acceptors (Lipinski definition) is 3. The first-order valence-electron chi connectivity index (χ1n) is 7.68. The Morgan fingerprint density at radius 1 is 1.25 bits per heavy atom. The molecule has 0 radical (unpaired) electrons. The van der Waals surface area contributed by atoms with Crippen LogP contribution in [0, 0.1) is 17.7 Å². The fraction of sp³-hybridized carbons (Fsp3) is 0.353. The number of nitrogens with zero attached hydrogens (tertiary/aromatic N) is 1. The minimum absolute atomic E-state index is 0.0468. The van der Waals surface area contributed by atoms with Crippen molar-refractivity contribution in [2.75, 3.05) is 5.32 Å². The summed E-state index contributed by atoms with van der Waals surface area (Å²) in [4.78, 5) is 38.3. The largest absolute Gasteiger partial charge is 0.322 e. The average Bonchev–Trinajstić information content (AvgIpc) is 2.81. The lowest BCUT2D eigenvalue weighted by Crippen LogP contribution is -2.46. The van der Waals surface area contributed by atoms with Gasteiger partial charge in [-0.15, -0.1) is 0 Å². The third-order valence-electron chi connectivity index (χ3n) is 4.50. The van der Waals surface area contributed by atoms with E-state index in [9.17, 15) is 18.8 Å². The number of carbonyl (C=O) groups is 3. The topological polar surface area (TPSA) is 66.5 Å². The van der Waals surface area contributed by atoms with E-state index in [0.29, 0.717) is 12.8 Å². The Morgan fingerprint density at radius 3 is 2.38 bits per heavy atom. The SMILES string of the molecule is C[C@@H](C(=O)Nc1ccc(Cl)cc1F)N1C(=O)[C@@H]2CC=CC[C@H]2C1=O. The van der Waals surface area contributed by atoms with Crippen LogP contribution in [0.5, 0.6) is 0 Å². The standard InChI is InChI=1S/C17H16ClFN2O3/c1-9(15(22)20-14-7-6-10(18)8-13(14)19)21-16(23)11-4-2-3-5-12(11)17(21)24/h2-3,6-9,11-12H,4-5H2,1H3,(H,20,22)/t9-,11+,12+/m0/s1. The Hall–Kier alpha value is -2.21. The molecule has 24 heavy (non-hydrogen) atoms. The van der Waals surface area contributed by atoms with Gasteiger partial charge in [0.05, 0.1) is 17.5 Å². The summed E-state index contributed by atoms with van der Waals surface area (Å²) in [6.45, 7) is 1.46. The highest BCUT2D eigenvalue weighted by molar-refractivity contribution is 6.30. The summed E-state index contributed by atoms with van der Waals surface area (Å²) in [6, 6.07) is 2.84. The van der Waals surface area contributed by atoms with Gasteiger partial charge in [-0.25, -0.2) is 4.39 Å². The Kier molecular flexibility index (Phi) is 4.41. The molecule has 3 atom stereocenters. The lowest BCUT2D eigenvalue weighted by Gasteiger charge is -2.22. The Labute approximate surface area is 143 Å². The number of anilines is 1. The van der Waals surface area contributed by atoms with Gasteiger partial charge in [-0.1, -0.05) is 23.8 Å². The molecule has 2 aliphatic rings. The van der Waals surface area contributed by atoms with Crippen molar-refractivity contribution in [1.29, 1.82) is 0 Å². The van der Waals surface area contributed by atoms with Crippen molar-refractivity contribution in [3.63, 3.8) is 0 Å². The first-order valence-corrected chi connectivity index (χ1v) is 8.05. The van der Waals surface area contributed by atoms with Gasteiger partial charge in [-0.2, -0.15) is 0 Å². The fourth-order valence-electron chi connectivity index (χ4n) is 3.15. The average molecular weight is 351 g/mol. The number of rotatable bonds is 3. The highest BCUT2D eigenvalue weighted by atomic mass is 35.5. The molecular formula is C17H16ClFN2O3. The number of allylic oxidation sites excluding steroid dienone is 2. The van der Waals surface area contributed by atoms with Crippen LogP contribution in [0.4, 0.5) is 10.1 Å². The zero-order valence-corrected chi connectivity index (χ0v) is 13.7. The lowest BCUT2D eigenvalue weighted by molar-refractivity contribution is -0.146. The molecule has 1 aliphatic carbocycles. The van der Waals surface area contributed by atoms with Gasteiger partial charge in [-0.3, -0.25) is 19.3 Å². The van der Waals surface area contributed by atoms with Crippen LogP contribution in [0.3, 0.4) is 0 Å². The van der Waals surface area contributed by atoms with Gasteiger partial charge in [0, 0.05) is 5.02 Å². The summed E-state index contributed by atoms with van der Waals surface area (Å²) in [6.07, 6.45) is 4.77. The highest BCUT2D eigenvalue weighted by Crippen LogP contribution is 2.36. The molecule has 7 heteroatoms. The van der Waals surface area contributed by atoms with E-state index in [1.54, 1.807) is 0 Å². The third-order valence-corrected chi connectivity index (χ3v) is 4.73. The minimum Gasteiger partial charge on any atom is -0.322 e. The van der Waals surface area contributed by atoms with Gasteiger partial charge >= 0.3 is 0 Å². The Balaban J connectivity index is 1.76. The first kappa shape index (κ1) is 16.6. The van der Waals surface area contributed by atoms with Crippen LogP contribution in [0.15, 0.2) is 30.4 Å². The van der Waals surface area contributed by atoms with E-state index in [2.05, 4.69) is 5.32 Å². The molecule has 0 spiro atoms. The maximum Gasteiger partial charge on any atom is 0.247 e. The molecule has 1 saturated heterocycles. The van der Waals surface area contributed by atoms with Crippen LogP contribution in [-0.4, -0.2) is 28.7 Å². The van der Waals surface area contributed by atoms with E-state index >= 15 is 0 Å². The first-order chi connectivity index (χ1) is 11.4. The summed E-state index contributed by atoms with van der Waals surface area (Å²) in [5.41, 5.74) is -0.0468. The molecule has 1 aliphatic heterocycles. The normalized spacial score (nSPS) is 24.0.